The number of nitrogens with zero attached hydrogens (tertiary/aromatic N) is 4. The van der Waals surface area contributed by atoms with Crippen molar-refractivity contribution in [3.63, 3.8) is 0 Å². The highest BCUT2D eigenvalue weighted by Gasteiger charge is 2.23. The van der Waals surface area contributed by atoms with E-state index in [2.05, 4.69) is 33.4 Å². The lowest BCUT2D eigenvalue weighted by atomic mass is 10.0. The van der Waals surface area contributed by atoms with Crippen LogP contribution >= 0.6 is 23.8 Å². The third kappa shape index (κ3) is 6.73. The maximum Gasteiger partial charge on any atom is 0.232 e. The first-order chi connectivity index (χ1) is 18.0. The second kappa shape index (κ2) is 12.1. The van der Waals surface area contributed by atoms with Crippen LogP contribution in [0.2, 0.25) is 5.02 Å². The molecule has 2 N–H and O–H groups in total. The highest BCUT2D eigenvalue weighted by molar-refractivity contribution is 7.80. The molecule has 2 fully saturated rings. The van der Waals surface area contributed by atoms with E-state index >= 15 is 0 Å². The van der Waals surface area contributed by atoms with Gasteiger partial charge in [0.1, 0.15) is 23.2 Å². The van der Waals surface area contributed by atoms with Crippen LogP contribution in [0.5, 0.6) is 0 Å². The molecule has 0 amide bonds. The second-order valence-electron chi connectivity index (χ2n) is 9.93. The average Bonchev–Trinajstić information content (AvgIpc) is 3.21. The van der Waals surface area contributed by atoms with Crippen LogP contribution in [0.4, 0.5) is 17.6 Å². The van der Waals surface area contributed by atoms with Gasteiger partial charge in [-0.1, -0.05) is 24.4 Å². The summed E-state index contributed by atoms with van der Waals surface area (Å²) in [5.41, 5.74) is 0.981. The zero-order chi connectivity index (χ0) is 25.6. The molecule has 0 radical (unpaired) electrons. The van der Waals surface area contributed by atoms with Gasteiger partial charge >= 0.3 is 0 Å². The van der Waals surface area contributed by atoms with Gasteiger partial charge in [0, 0.05) is 42.3 Å². The molecule has 1 atom stereocenters. The van der Waals surface area contributed by atoms with Crippen LogP contribution in [-0.2, 0) is 6.54 Å². The van der Waals surface area contributed by atoms with Gasteiger partial charge in [-0.2, -0.15) is 9.97 Å². The molecular weight excluding hydrogens is 504 g/mol. The largest absolute Gasteiger partial charge is 0.459 e. The lowest BCUT2D eigenvalue weighted by Crippen LogP contribution is -2.38. The highest BCUT2D eigenvalue weighted by Crippen LogP contribution is 2.28. The van der Waals surface area contributed by atoms with Gasteiger partial charge in [-0.25, -0.2) is 0 Å². The zero-order valence-corrected chi connectivity index (χ0v) is 23.0. The number of furan rings is 1. The van der Waals surface area contributed by atoms with Gasteiger partial charge in [0.15, 0.2) is 5.11 Å². The monoisotopic (exact) mass is 538 g/mol. The molecule has 2 aromatic heterocycles. The van der Waals surface area contributed by atoms with Crippen LogP contribution in [-0.4, -0.2) is 40.8 Å². The second-order valence-corrected chi connectivity index (χ2v) is 10.8. The number of hydrogen-bond donors (Lipinski definition) is 2. The Balaban J connectivity index is 1.28. The number of nitrogens with one attached hydrogen (secondary N) is 2. The van der Waals surface area contributed by atoms with Gasteiger partial charge in [-0.05, 0) is 87.6 Å². The van der Waals surface area contributed by atoms with Crippen molar-refractivity contribution in [1.29, 1.82) is 0 Å². The quantitative estimate of drug-likeness (QED) is 0.339. The Morgan fingerprint density at radius 3 is 2.46 bits per heavy atom. The molecule has 1 aromatic carbocycles. The summed E-state index contributed by atoms with van der Waals surface area (Å²) in [6.45, 7) is 5.83. The van der Waals surface area contributed by atoms with Crippen molar-refractivity contribution in [1.82, 2.24) is 15.3 Å². The summed E-state index contributed by atoms with van der Waals surface area (Å²) in [5.74, 6) is 4.07. The van der Waals surface area contributed by atoms with E-state index in [1.54, 1.807) is 0 Å². The Kier molecular flexibility index (Phi) is 8.46. The molecule has 5 rings (SSSR count). The molecule has 4 heterocycles. The molecule has 2 saturated heterocycles. The predicted octanol–water partition coefficient (Wildman–Crippen LogP) is 6.64. The topological polar surface area (TPSA) is 69.5 Å². The Labute approximate surface area is 229 Å². The fraction of sp³-hybridized carbons (Fsp3) is 0.464. The Morgan fingerprint density at radius 1 is 0.973 bits per heavy atom. The third-order valence-electron chi connectivity index (χ3n) is 7.17. The van der Waals surface area contributed by atoms with Crippen molar-refractivity contribution < 1.29 is 4.42 Å². The van der Waals surface area contributed by atoms with Gasteiger partial charge < -0.3 is 24.9 Å². The lowest BCUT2D eigenvalue weighted by Gasteiger charge is -2.35. The first kappa shape index (κ1) is 25.8. The highest BCUT2D eigenvalue weighted by atomic mass is 35.5. The average molecular weight is 539 g/mol. The van der Waals surface area contributed by atoms with E-state index in [4.69, 9.17) is 38.2 Å². The number of anilines is 3. The van der Waals surface area contributed by atoms with Gasteiger partial charge in [0.25, 0.3) is 0 Å². The smallest absolute Gasteiger partial charge is 0.232 e. The van der Waals surface area contributed by atoms with Gasteiger partial charge in [0.05, 0.1) is 6.54 Å². The maximum atomic E-state index is 6.00. The fourth-order valence-corrected chi connectivity index (χ4v) is 5.37. The molecule has 2 aliphatic rings. The summed E-state index contributed by atoms with van der Waals surface area (Å²) < 4.78 is 5.99. The van der Waals surface area contributed by atoms with Crippen LogP contribution in [0.15, 0.2) is 46.9 Å². The van der Waals surface area contributed by atoms with Crippen molar-refractivity contribution in [2.75, 3.05) is 34.8 Å². The van der Waals surface area contributed by atoms with E-state index in [9.17, 15) is 0 Å². The van der Waals surface area contributed by atoms with E-state index in [0.717, 1.165) is 48.4 Å². The summed E-state index contributed by atoms with van der Waals surface area (Å²) >= 11 is 11.6. The number of aromatic nitrogens is 2. The van der Waals surface area contributed by atoms with Crippen molar-refractivity contribution in [3.05, 3.63) is 53.2 Å². The van der Waals surface area contributed by atoms with E-state index in [1.807, 2.05) is 36.4 Å². The third-order valence-corrected chi connectivity index (χ3v) is 7.66. The SMILES string of the molecule is C[C@@H]1CCCCN1c1cc(N2CCCCCC2)nc(NC(=S)NCc2ccc(-c3ccc(Cl)cc3)o2)n1. The number of benzene rings is 1. The molecule has 0 saturated carbocycles. The summed E-state index contributed by atoms with van der Waals surface area (Å²) in [6.07, 6.45) is 8.61. The van der Waals surface area contributed by atoms with E-state index < -0.39 is 0 Å². The van der Waals surface area contributed by atoms with Crippen LogP contribution in [0.1, 0.15) is 57.6 Å². The van der Waals surface area contributed by atoms with Gasteiger partial charge in [-0.15, -0.1) is 0 Å². The van der Waals surface area contributed by atoms with Crippen LogP contribution in [0.25, 0.3) is 11.3 Å². The normalized spacial score (nSPS) is 18.4. The van der Waals surface area contributed by atoms with Gasteiger partial charge in [0.2, 0.25) is 5.95 Å². The molecule has 0 unspecified atom stereocenters. The summed E-state index contributed by atoms with van der Waals surface area (Å²) in [5, 5.41) is 7.64. The Hall–Kier alpha value is -2.84. The van der Waals surface area contributed by atoms with E-state index in [-0.39, 0.29) is 0 Å². The minimum atomic E-state index is 0.460. The summed E-state index contributed by atoms with van der Waals surface area (Å²) in [7, 11) is 0. The predicted molar refractivity (Wildman–Crippen MR) is 156 cm³/mol. The molecule has 3 aromatic rings. The van der Waals surface area contributed by atoms with Crippen molar-refractivity contribution in [3.8, 4) is 11.3 Å². The van der Waals surface area contributed by atoms with Crippen LogP contribution in [0.3, 0.4) is 0 Å². The molecule has 2 aliphatic heterocycles. The number of halogens is 1. The first-order valence-electron chi connectivity index (χ1n) is 13.4. The minimum Gasteiger partial charge on any atom is -0.459 e. The van der Waals surface area contributed by atoms with Crippen LogP contribution in [0, 0.1) is 0 Å². The summed E-state index contributed by atoms with van der Waals surface area (Å²) in [6, 6.07) is 14.1. The Morgan fingerprint density at radius 2 is 1.70 bits per heavy atom. The Bertz CT molecular complexity index is 1190. The summed E-state index contributed by atoms with van der Waals surface area (Å²) in [4.78, 5) is 14.6. The standard InChI is InChI=1S/C28H35ClN6OS/c1-20-8-4-7-17-35(20)26-18-25(34-15-5-2-3-6-16-34)31-27(32-26)33-28(37)30-19-23-13-14-24(36-23)21-9-11-22(29)12-10-21/h9-14,18,20H,2-8,15-17,19H2,1H3,(H2,30,31,32,33,37)/t20-/m1/s1. The zero-order valence-electron chi connectivity index (χ0n) is 21.4. The molecular formula is C28H35ClN6OS. The minimum absolute atomic E-state index is 0.460. The molecule has 0 bridgehead atoms. The maximum absolute atomic E-state index is 6.00. The van der Waals surface area contributed by atoms with E-state index in [0.29, 0.717) is 28.7 Å². The number of rotatable bonds is 6. The van der Waals surface area contributed by atoms with Crippen molar-refractivity contribution >= 4 is 46.5 Å². The van der Waals surface area contributed by atoms with Gasteiger partial charge in [-0.3, -0.25) is 0 Å². The fourth-order valence-electron chi connectivity index (χ4n) is 5.08. The first-order valence-corrected chi connectivity index (χ1v) is 14.1. The molecule has 0 aliphatic carbocycles. The van der Waals surface area contributed by atoms with Crippen molar-refractivity contribution in [2.45, 2.75) is 64.5 Å². The number of hydrogen-bond acceptors (Lipinski definition) is 6. The van der Waals surface area contributed by atoms with E-state index in [1.165, 1.54) is 44.9 Å². The molecule has 7 nitrogen and oxygen atoms in total. The lowest BCUT2D eigenvalue weighted by molar-refractivity contribution is 0.481. The molecule has 9 heteroatoms. The number of thiocarbonyl (C=S) groups is 1. The molecule has 37 heavy (non-hydrogen) atoms. The van der Waals surface area contributed by atoms with Crippen LogP contribution < -0.4 is 20.4 Å². The number of piperidine rings is 1. The van der Waals surface area contributed by atoms with Crippen molar-refractivity contribution in [2.24, 2.45) is 0 Å². The molecule has 0 spiro atoms. The molecule has 196 valence electrons.